The molecule has 0 amide bonds. The van der Waals surface area contributed by atoms with Crippen LogP contribution in [0.2, 0.25) is 0 Å². The lowest BCUT2D eigenvalue weighted by atomic mass is 9.96. The van der Waals surface area contributed by atoms with Gasteiger partial charge in [-0.1, -0.05) is 164 Å². The van der Waals surface area contributed by atoms with E-state index >= 15 is 0 Å². The molecular formula is C54H32N4O. The second kappa shape index (κ2) is 14.1. The Labute approximate surface area is 340 Å². The van der Waals surface area contributed by atoms with Gasteiger partial charge in [0.2, 0.25) is 0 Å². The Morgan fingerprint density at radius 3 is 1.73 bits per heavy atom. The van der Waals surface area contributed by atoms with Gasteiger partial charge in [0.15, 0.2) is 17.5 Å². The first-order valence-electron chi connectivity index (χ1n) is 19.6. The van der Waals surface area contributed by atoms with Gasteiger partial charge in [0.1, 0.15) is 11.2 Å². The minimum atomic E-state index is 0.542. The molecule has 274 valence electrons. The van der Waals surface area contributed by atoms with Gasteiger partial charge in [-0.05, 0) is 85.3 Å². The predicted octanol–water partition coefficient (Wildman–Crippen LogP) is 14.0. The minimum Gasteiger partial charge on any atom is -0.456 e. The molecule has 5 nitrogen and oxygen atoms in total. The van der Waals surface area contributed by atoms with Crippen LogP contribution in [0, 0.1) is 11.3 Å². The summed E-state index contributed by atoms with van der Waals surface area (Å²) < 4.78 is 6.59. The zero-order chi connectivity index (χ0) is 39.3. The monoisotopic (exact) mass is 752 g/mol. The lowest BCUT2D eigenvalue weighted by Crippen LogP contribution is -2.01. The first kappa shape index (κ1) is 34.1. The molecule has 0 atom stereocenters. The van der Waals surface area contributed by atoms with Gasteiger partial charge in [-0.2, -0.15) is 5.26 Å². The summed E-state index contributed by atoms with van der Waals surface area (Å²) in [5.41, 5.74) is 11.2. The number of fused-ring (bicyclic) bond motifs is 6. The van der Waals surface area contributed by atoms with E-state index in [1.54, 1.807) is 0 Å². The van der Waals surface area contributed by atoms with E-state index in [4.69, 9.17) is 19.4 Å². The number of nitrogens with zero attached hydrogens (tertiary/aromatic N) is 4. The summed E-state index contributed by atoms with van der Waals surface area (Å²) in [6, 6.07) is 68.7. The van der Waals surface area contributed by atoms with Gasteiger partial charge >= 0.3 is 0 Å². The highest BCUT2D eigenvalue weighted by Gasteiger charge is 2.19. The molecule has 0 aliphatic heterocycles. The third-order valence-corrected chi connectivity index (χ3v) is 11.2. The maximum Gasteiger partial charge on any atom is 0.164 e. The lowest BCUT2D eigenvalue weighted by Gasteiger charge is -2.13. The highest BCUT2D eigenvalue weighted by Crippen LogP contribution is 2.40. The van der Waals surface area contributed by atoms with Crippen LogP contribution in [-0.2, 0) is 0 Å². The van der Waals surface area contributed by atoms with Crippen LogP contribution in [0.5, 0.6) is 0 Å². The average Bonchev–Trinajstić information content (AvgIpc) is 3.70. The molecule has 11 aromatic rings. The van der Waals surface area contributed by atoms with Crippen molar-refractivity contribution < 1.29 is 4.42 Å². The molecule has 11 rings (SSSR count). The molecule has 0 bridgehead atoms. The Bertz CT molecular complexity index is 3440. The number of nitriles is 1. The van der Waals surface area contributed by atoms with Crippen LogP contribution in [0.3, 0.4) is 0 Å². The van der Waals surface area contributed by atoms with Crippen molar-refractivity contribution >= 4 is 43.5 Å². The quantitative estimate of drug-likeness (QED) is 0.158. The molecule has 2 heterocycles. The van der Waals surface area contributed by atoms with Gasteiger partial charge in [-0.25, -0.2) is 15.0 Å². The van der Waals surface area contributed by atoms with E-state index in [1.165, 1.54) is 16.5 Å². The van der Waals surface area contributed by atoms with Crippen LogP contribution >= 0.6 is 0 Å². The molecule has 0 radical (unpaired) electrons. The van der Waals surface area contributed by atoms with Gasteiger partial charge in [0.05, 0.1) is 11.6 Å². The molecule has 5 heteroatoms. The van der Waals surface area contributed by atoms with Crippen molar-refractivity contribution in [3.8, 4) is 73.6 Å². The largest absolute Gasteiger partial charge is 0.456 e. The zero-order valence-corrected chi connectivity index (χ0v) is 31.7. The molecule has 59 heavy (non-hydrogen) atoms. The molecular weight excluding hydrogens is 721 g/mol. The van der Waals surface area contributed by atoms with Gasteiger partial charge in [0, 0.05) is 27.5 Å². The third kappa shape index (κ3) is 5.99. The smallest absolute Gasteiger partial charge is 0.164 e. The molecule has 0 saturated heterocycles. The van der Waals surface area contributed by atoms with Crippen LogP contribution in [0.4, 0.5) is 0 Å². The van der Waals surface area contributed by atoms with Gasteiger partial charge in [-0.15, -0.1) is 0 Å². The Hall–Kier alpha value is -8.20. The summed E-state index contributed by atoms with van der Waals surface area (Å²) in [7, 11) is 0. The van der Waals surface area contributed by atoms with E-state index in [9.17, 15) is 5.26 Å². The molecule has 0 aliphatic rings. The van der Waals surface area contributed by atoms with E-state index in [2.05, 4.69) is 133 Å². The van der Waals surface area contributed by atoms with Crippen LogP contribution in [0.1, 0.15) is 5.56 Å². The fraction of sp³-hybridized carbons (Fsp3) is 0. The average molecular weight is 753 g/mol. The van der Waals surface area contributed by atoms with E-state index in [1.807, 2.05) is 66.7 Å². The zero-order valence-electron chi connectivity index (χ0n) is 31.7. The third-order valence-electron chi connectivity index (χ3n) is 11.2. The van der Waals surface area contributed by atoms with Crippen molar-refractivity contribution in [3.05, 3.63) is 200 Å². The van der Waals surface area contributed by atoms with Crippen molar-refractivity contribution in [3.63, 3.8) is 0 Å². The molecule has 0 spiro atoms. The predicted molar refractivity (Wildman–Crippen MR) is 239 cm³/mol. The first-order valence-corrected chi connectivity index (χ1v) is 19.6. The fourth-order valence-electron chi connectivity index (χ4n) is 8.30. The van der Waals surface area contributed by atoms with Crippen LogP contribution in [-0.4, -0.2) is 15.0 Å². The number of aromatic nitrogens is 3. The highest BCUT2D eigenvalue weighted by atomic mass is 16.3. The molecule has 0 unspecified atom stereocenters. The second-order valence-corrected chi connectivity index (χ2v) is 14.7. The minimum absolute atomic E-state index is 0.542. The Morgan fingerprint density at radius 1 is 0.356 bits per heavy atom. The highest BCUT2D eigenvalue weighted by molar-refractivity contribution is 6.14. The number of furan rings is 1. The van der Waals surface area contributed by atoms with Crippen molar-refractivity contribution in [2.24, 2.45) is 0 Å². The van der Waals surface area contributed by atoms with E-state index in [-0.39, 0.29) is 0 Å². The van der Waals surface area contributed by atoms with Gasteiger partial charge < -0.3 is 4.42 Å². The van der Waals surface area contributed by atoms with Gasteiger partial charge in [0.25, 0.3) is 0 Å². The number of hydrogen-bond donors (Lipinski definition) is 0. The maximum atomic E-state index is 9.77. The first-order chi connectivity index (χ1) is 29.2. The van der Waals surface area contributed by atoms with Crippen molar-refractivity contribution in [2.45, 2.75) is 0 Å². The summed E-state index contributed by atoms with van der Waals surface area (Å²) in [5.74, 6) is 1.67. The van der Waals surface area contributed by atoms with Crippen molar-refractivity contribution in [2.75, 3.05) is 0 Å². The number of hydrogen-bond acceptors (Lipinski definition) is 5. The molecule has 9 aromatic carbocycles. The van der Waals surface area contributed by atoms with Gasteiger partial charge in [-0.3, -0.25) is 0 Å². The van der Waals surface area contributed by atoms with Crippen LogP contribution < -0.4 is 0 Å². The van der Waals surface area contributed by atoms with Crippen LogP contribution in [0.15, 0.2) is 199 Å². The summed E-state index contributed by atoms with van der Waals surface area (Å²) in [6.45, 7) is 0. The summed E-state index contributed by atoms with van der Waals surface area (Å²) in [5, 5.41) is 16.3. The maximum absolute atomic E-state index is 9.77. The lowest BCUT2D eigenvalue weighted by molar-refractivity contribution is 0.669. The Morgan fingerprint density at radius 2 is 0.932 bits per heavy atom. The Balaban J connectivity index is 1.06. The topological polar surface area (TPSA) is 75.6 Å². The van der Waals surface area contributed by atoms with Crippen molar-refractivity contribution in [1.29, 1.82) is 5.26 Å². The van der Waals surface area contributed by atoms with E-state index in [0.29, 0.717) is 23.0 Å². The molecule has 0 N–H and O–H groups in total. The molecule has 0 aliphatic carbocycles. The second-order valence-electron chi connectivity index (χ2n) is 14.7. The van der Waals surface area contributed by atoms with E-state index < -0.39 is 0 Å². The Kier molecular flexibility index (Phi) is 8.13. The summed E-state index contributed by atoms with van der Waals surface area (Å²) in [4.78, 5) is 15.5. The molecule has 0 fully saturated rings. The number of benzene rings is 9. The normalized spacial score (nSPS) is 11.4. The molecule has 0 saturated carbocycles. The van der Waals surface area contributed by atoms with Crippen molar-refractivity contribution in [1.82, 2.24) is 15.0 Å². The fourth-order valence-corrected chi connectivity index (χ4v) is 8.30. The van der Waals surface area contributed by atoms with Crippen LogP contribution in [0.25, 0.3) is 111 Å². The molecule has 2 aromatic heterocycles. The summed E-state index contributed by atoms with van der Waals surface area (Å²) in [6.07, 6.45) is 0. The standard InChI is InChI=1S/C54H32N4O/c55-33-41-14-5-6-15-42(41)36-25-27-38(28-26-36)52-56-53(58-54(57-52)48-31-39-13-4-7-16-43(39)45-17-8-9-18-46(45)48)40-29-30-47-50(32-40)59-49-20-10-19-44(51(47)49)37-23-21-35(22-24-37)34-11-2-1-3-12-34/h1-32H. The summed E-state index contributed by atoms with van der Waals surface area (Å²) >= 11 is 0. The number of rotatable bonds is 6. The SMILES string of the molecule is N#Cc1ccccc1-c1ccc(-c2nc(-c3ccc4c(c3)oc3cccc(-c5ccc(-c6ccccc6)cc5)c34)nc(-c3cc4ccccc4c4ccccc34)n2)cc1. The van der Waals surface area contributed by atoms with E-state index in [0.717, 1.165) is 77.0 Å².